The summed E-state index contributed by atoms with van der Waals surface area (Å²) in [6, 6.07) is 45.0. The molecule has 0 unspecified atom stereocenters. The first-order chi connectivity index (χ1) is 27.2. The fourth-order valence-electron chi connectivity index (χ4n) is 8.37. The molecular weight excluding hydrogens is 715 g/mol. The molecule has 3 N–H and O–H groups in total. The normalized spacial score (nSPS) is 14.4. The second kappa shape index (κ2) is 17.1. The number of carbonyl (C=O) groups is 1. The van der Waals surface area contributed by atoms with E-state index in [1.807, 2.05) is 65.8 Å². The van der Waals surface area contributed by atoms with E-state index in [9.17, 15) is 13.2 Å². The average molecular weight is 766 g/mol. The van der Waals surface area contributed by atoms with E-state index in [0.717, 1.165) is 52.9 Å². The van der Waals surface area contributed by atoms with Crippen molar-refractivity contribution in [2.24, 2.45) is 5.92 Å². The molecule has 0 spiro atoms. The number of hydrogen-bond acceptors (Lipinski definition) is 5. The van der Waals surface area contributed by atoms with Gasteiger partial charge in [-0.2, -0.15) is 4.72 Å². The number of hydrogen-bond donors (Lipinski definition) is 2. The highest BCUT2D eigenvalue weighted by Crippen LogP contribution is 2.42. The summed E-state index contributed by atoms with van der Waals surface area (Å²) in [7, 11) is -4.17. The Morgan fingerprint density at radius 3 is 1.88 bits per heavy atom. The minimum absolute atomic E-state index is 0.0324. The molecule has 1 amide bonds. The van der Waals surface area contributed by atoms with Crippen molar-refractivity contribution in [1.29, 1.82) is 0 Å². The molecule has 9 heteroatoms. The van der Waals surface area contributed by atoms with Crippen LogP contribution in [-0.2, 0) is 26.8 Å². The van der Waals surface area contributed by atoms with Crippen LogP contribution in [0.4, 0.5) is 5.69 Å². The number of carbonyl (C=O) groups excluding carboxylic acids is 1. The summed E-state index contributed by atoms with van der Waals surface area (Å²) in [5.74, 6) is 0.377. The molecule has 1 atom stereocenters. The van der Waals surface area contributed by atoms with Gasteiger partial charge in [-0.25, -0.2) is 13.4 Å². The highest BCUT2D eigenvalue weighted by Gasteiger charge is 2.40. The fraction of sp³-hybridized carbons (Fsp3) is 0.277. The number of para-hydroxylation sites is 1. The number of aromatic nitrogens is 2. The Morgan fingerprint density at radius 1 is 0.804 bits per heavy atom. The van der Waals surface area contributed by atoms with Gasteiger partial charge in [-0.15, -0.1) is 0 Å². The number of piperidine rings is 1. The van der Waals surface area contributed by atoms with Gasteiger partial charge >= 0.3 is 0 Å². The second-order valence-corrected chi connectivity index (χ2v) is 16.5. The standard InChI is InChI=1S/C47H51N5O3S/c1-3-36-30-32-51(33-31-36)46(53)43(50-56(54,55)44-29-16-26-41(45(44)48)37-18-8-4-9-19-37)28-17-27-42-35(2)52(34-49-42)47(38-20-10-5-11-21-38,39-22-12-6-13-23-39)40-24-14-7-15-25-40/h4-16,18-26,29,34,36,43,50H,3,17,27-28,30-33,48H2,1-2H3/t43-/m0/s1. The van der Waals surface area contributed by atoms with E-state index in [-0.39, 0.29) is 16.5 Å². The van der Waals surface area contributed by atoms with E-state index in [4.69, 9.17) is 10.7 Å². The monoisotopic (exact) mass is 765 g/mol. The highest BCUT2D eigenvalue weighted by atomic mass is 32.2. The van der Waals surface area contributed by atoms with E-state index < -0.39 is 21.6 Å². The highest BCUT2D eigenvalue weighted by molar-refractivity contribution is 7.89. The van der Waals surface area contributed by atoms with Crippen LogP contribution < -0.4 is 10.5 Å². The minimum Gasteiger partial charge on any atom is -0.397 e. The van der Waals surface area contributed by atoms with Crippen LogP contribution in [0.15, 0.2) is 151 Å². The molecule has 288 valence electrons. The molecule has 0 radical (unpaired) electrons. The lowest BCUT2D eigenvalue weighted by Crippen LogP contribution is -2.50. The van der Waals surface area contributed by atoms with E-state index in [2.05, 4.69) is 95.9 Å². The quantitative estimate of drug-likeness (QED) is 0.0853. The zero-order chi connectivity index (χ0) is 39.1. The van der Waals surface area contributed by atoms with Gasteiger partial charge in [0.05, 0.1) is 17.7 Å². The number of benzene rings is 5. The Kier molecular flexibility index (Phi) is 11.8. The molecule has 5 aromatic carbocycles. The Hall–Kier alpha value is -5.51. The molecule has 2 heterocycles. The molecule has 6 aromatic rings. The average Bonchev–Trinajstić information content (AvgIpc) is 3.61. The van der Waals surface area contributed by atoms with E-state index in [0.29, 0.717) is 43.8 Å². The summed E-state index contributed by atoms with van der Waals surface area (Å²) in [6.45, 7) is 5.51. The lowest BCUT2D eigenvalue weighted by Gasteiger charge is -2.38. The SMILES string of the molecule is CCC1CCN(C(=O)[C@H](CCCc2ncn(C(c3ccccc3)(c3ccccc3)c3ccccc3)c2C)NS(=O)(=O)c2cccc(-c3ccccc3)c2N)CC1. The Bertz CT molecular complexity index is 2230. The molecule has 1 aromatic heterocycles. The molecule has 56 heavy (non-hydrogen) atoms. The van der Waals surface area contributed by atoms with Crippen molar-refractivity contribution in [3.05, 3.63) is 174 Å². The van der Waals surface area contributed by atoms with Crippen LogP contribution in [-0.4, -0.2) is 47.9 Å². The Labute approximate surface area is 331 Å². The molecule has 1 aliphatic heterocycles. The first-order valence-corrected chi connectivity index (χ1v) is 21.2. The first-order valence-electron chi connectivity index (χ1n) is 19.7. The molecule has 0 bridgehead atoms. The van der Waals surface area contributed by atoms with Crippen LogP contribution >= 0.6 is 0 Å². The third-order valence-electron chi connectivity index (χ3n) is 11.5. The summed E-state index contributed by atoms with van der Waals surface area (Å²) >= 11 is 0. The maximum Gasteiger partial charge on any atom is 0.243 e. The lowest BCUT2D eigenvalue weighted by molar-refractivity contribution is -0.134. The van der Waals surface area contributed by atoms with Crippen LogP contribution in [0.5, 0.6) is 0 Å². The number of sulfonamides is 1. The zero-order valence-electron chi connectivity index (χ0n) is 32.2. The van der Waals surface area contributed by atoms with Crippen LogP contribution in [0.1, 0.15) is 67.1 Å². The van der Waals surface area contributed by atoms with Crippen LogP contribution in [0.2, 0.25) is 0 Å². The summed E-state index contributed by atoms with van der Waals surface area (Å²) in [4.78, 5) is 21.0. The van der Waals surface area contributed by atoms with Gasteiger partial charge in [-0.05, 0) is 73.3 Å². The number of nitrogens with zero attached hydrogens (tertiary/aromatic N) is 3. The number of nitrogens with one attached hydrogen (secondary N) is 1. The van der Waals surface area contributed by atoms with Crippen LogP contribution in [0, 0.1) is 12.8 Å². The maximum absolute atomic E-state index is 14.2. The van der Waals surface area contributed by atoms with E-state index in [1.54, 1.807) is 6.07 Å². The maximum atomic E-state index is 14.2. The lowest BCUT2D eigenvalue weighted by atomic mass is 9.76. The molecule has 0 saturated carbocycles. The summed E-state index contributed by atoms with van der Waals surface area (Å²) < 4.78 is 33.4. The van der Waals surface area contributed by atoms with Crippen molar-refractivity contribution in [1.82, 2.24) is 19.2 Å². The molecule has 0 aliphatic carbocycles. The third kappa shape index (κ3) is 7.79. The van der Waals surface area contributed by atoms with Crippen molar-refractivity contribution >= 4 is 21.6 Å². The third-order valence-corrected chi connectivity index (χ3v) is 13.0. The van der Waals surface area contributed by atoms with Crippen molar-refractivity contribution in [3.63, 3.8) is 0 Å². The first kappa shape index (κ1) is 38.8. The van der Waals surface area contributed by atoms with Gasteiger partial charge in [0.2, 0.25) is 15.9 Å². The number of rotatable bonds is 14. The number of likely N-dealkylation sites (tertiary alicyclic amines) is 1. The van der Waals surface area contributed by atoms with Gasteiger partial charge in [-0.3, -0.25) is 4.79 Å². The number of nitrogen functional groups attached to an aromatic ring is 1. The van der Waals surface area contributed by atoms with Gasteiger partial charge in [0.15, 0.2) is 0 Å². The van der Waals surface area contributed by atoms with Gasteiger partial charge in [0.1, 0.15) is 16.5 Å². The smallest absolute Gasteiger partial charge is 0.243 e. The van der Waals surface area contributed by atoms with Crippen LogP contribution in [0.3, 0.4) is 0 Å². The Balaban J connectivity index is 1.19. The molecule has 1 saturated heterocycles. The summed E-state index contributed by atoms with van der Waals surface area (Å²) in [5.41, 5.74) is 12.7. The van der Waals surface area contributed by atoms with Gasteiger partial charge < -0.3 is 15.2 Å². The molecule has 8 nitrogen and oxygen atoms in total. The molecular formula is C47H51N5O3S. The fourth-order valence-corrected chi connectivity index (χ4v) is 9.75. The van der Waals surface area contributed by atoms with Crippen LogP contribution in [0.25, 0.3) is 11.1 Å². The van der Waals surface area contributed by atoms with Crippen molar-refractivity contribution < 1.29 is 13.2 Å². The summed E-state index contributed by atoms with van der Waals surface area (Å²) in [6.07, 6.45) is 6.22. The van der Waals surface area contributed by atoms with E-state index >= 15 is 0 Å². The molecule has 7 rings (SSSR count). The zero-order valence-corrected chi connectivity index (χ0v) is 33.0. The van der Waals surface area contributed by atoms with Gasteiger partial charge in [0.25, 0.3) is 0 Å². The largest absolute Gasteiger partial charge is 0.397 e. The summed E-state index contributed by atoms with van der Waals surface area (Å²) in [5, 5.41) is 0. The molecule has 1 aliphatic rings. The molecule has 1 fully saturated rings. The Morgan fingerprint density at radius 2 is 1.34 bits per heavy atom. The van der Waals surface area contributed by atoms with Gasteiger partial charge in [-0.1, -0.05) is 147 Å². The second-order valence-electron chi connectivity index (χ2n) is 14.8. The van der Waals surface area contributed by atoms with E-state index in [1.165, 1.54) is 6.07 Å². The van der Waals surface area contributed by atoms with Crippen molar-refractivity contribution in [2.45, 2.75) is 68.8 Å². The van der Waals surface area contributed by atoms with Gasteiger partial charge in [0, 0.05) is 24.3 Å². The number of aryl methyl sites for hydroxylation is 1. The number of imidazole rings is 1. The minimum atomic E-state index is -4.17. The predicted molar refractivity (Wildman–Crippen MR) is 225 cm³/mol. The number of anilines is 1. The number of nitrogens with two attached hydrogens (primary N) is 1. The van der Waals surface area contributed by atoms with Crippen molar-refractivity contribution in [3.8, 4) is 11.1 Å². The number of amides is 1. The predicted octanol–water partition coefficient (Wildman–Crippen LogP) is 8.60. The van der Waals surface area contributed by atoms with Crippen molar-refractivity contribution in [2.75, 3.05) is 18.8 Å². The topological polar surface area (TPSA) is 110 Å².